The summed E-state index contributed by atoms with van der Waals surface area (Å²) in [6.07, 6.45) is 10.2. The van der Waals surface area contributed by atoms with Crippen molar-refractivity contribution in [2.45, 2.75) is 57.4 Å². The van der Waals surface area contributed by atoms with Gasteiger partial charge in [0.25, 0.3) is 0 Å². The van der Waals surface area contributed by atoms with Crippen molar-refractivity contribution in [1.29, 1.82) is 0 Å². The molecule has 1 heterocycles. The van der Waals surface area contributed by atoms with Gasteiger partial charge in [-0.1, -0.05) is 48.0 Å². The second kappa shape index (κ2) is 7.15. The van der Waals surface area contributed by atoms with Crippen LogP contribution in [0.15, 0.2) is 22.7 Å². The Hall–Kier alpha value is -0.540. The van der Waals surface area contributed by atoms with Crippen LogP contribution in [0, 0.1) is 0 Å². The van der Waals surface area contributed by atoms with Gasteiger partial charge in [-0.3, -0.25) is 0 Å². The van der Waals surface area contributed by atoms with E-state index in [9.17, 15) is 0 Å². The van der Waals surface area contributed by atoms with E-state index in [2.05, 4.69) is 38.7 Å². The molecule has 0 amide bonds. The molecule has 21 heavy (non-hydrogen) atoms. The highest BCUT2D eigenvalue weighted by Crippen LogP contribution is 2.32. The van der Waals surface area contributed by atoms with Gasteiger partial charge in [-0.2, -0.15) is 0 Å². The first-order chi connectivity index (χ1) is 10.3. The first-order valence-corrected chi connectivity index (χ1v) is 9.34. The number of alkyl halides is 1. The Labute approximate surface area is 140 Å². The maximum Gasteiger partial charge on any atom is 0.111 e. The fourth-order valence-corrected chi connectivity index (χ4v) is 4.00. The Morgan fingerprint density at radius 2 is 1.86 bits per heavy atom. The third kappa shape index (κ3) is 3.45. The summed E-state index contributed by atoms with van der Waals surface area (Å²) in [4.78, 5) is 4.84. The number of aryl methyl sites for hydroxylation is 1. The molecule has 0 saturated heterocycles. The van der Waals surface area contributed by atoms with Crippen molar-refractivity contribution in [2.24, 2.45) is 0 Å². The first kappa shape index (κ1) is 15.4. The summed E-state index contributed by atoms with van der Waals surface area (Å²) in [5.74, 6) is 1.79. The van der Waals surface area contributed by atoms with E-state index >= 15 is 0 Å². The quantitative estimate of drug-likeness (QED) is 0.619. The Balaban J connectivity index is 2.02. The number of nitrogens with zero attached hydrogens (tertiary/aromatic N) is 2. The molecule has 0 bridgehead atoms. The minimum atomic E-state index is 0.592. The van der Waals surface area contributed by atoms with Crippen LogP contribution in [-0.2, 0) is 6.42 Å². The zero-order valence-corrected chi connectivity index (χ0v) is 14.7. The van der Waals surface area contributed by atoms with E-state index in [4.69, 9.17) is 16.6 Å². The Bertz CT molecular complexity index is 600. The SMILES string of the molecule is ClCCc1nc2cc(Br)ccc2n1C1CCCCCCC1. The number of hydrogen-bond donors (Lipinski definition) is 0. The van der Waals surface area contributed by atoms with Crippen LogP contribution in [0.1, 0.15) is 56.8 Å². The van der Waals surface area contributed by atoms with Crippen molar-refractivity contribution in [3.8, 4) is 0 Å². The molecule has 0 N–H and O–H groups in total. The summed E-state index contributed by atoms with van der Waals surface area (Å²) < 4.78 is 3.57. The van der Waals surface area contributed by atoms with Gasteiger partial charge >= 0.3 is 0 Å². The number of halogens is 2. The fourth-order valence-electron chi connectivity index (χ4n) is 3.48. The largest absolute Gasteiger partial charge is 0.325 e. The van der Waals surface area contributed by atoms with Crippen molar-refractivity contribution in [1.82, 2.24) is 9.55 Å². The van der Waals surface area contributed by atoms with E-state index < -0.39 is 0 Å². The Kier molecular flexibility index (Phi) is 5.23. The van der Waals surface area contributed by atoms with Crippen LogP contribution >= 0.6 is 27.5 Å². The van der Waals surface area contributed by atoms with E-state index in [1.807, 2.05) is 0 Å². The molecule has 3 rings (SSSR count). The molecule has 0 aliphatic heterocycles. The second-order valence-electron chi connectivity index (χ2n) is 5.97. The Morgan fingerprint density at radius 1 is 1.14 bits per heavy atom. The Morgan fingerprint density at radius 3 is 2.57 bits per heavy atom. The van der Waals surface area contributed by atoms with Crippen LogP contribution in [0.25, 0.3) is 11.0 Å². The highest BCUT2D eigenvalue weighted by molar-refractivity contribution is 9.10. The molecule has 0 unspecified atom stereocenters. The molecule has 0 atom stereocenters. The molecule has 1 fully saturated rings. The van der Waals surface area contributed by atoms with Gasteiger partial charge in [0, 0.05) is 22.8 Å². The monoisotopic (exact) mass is 368 g/mol. The van der Waals surface area contributed by atoms with Crippen molar-refractivity contribution >= 4 is 38.6 Å². The maximum absolute atomic E-state index is 6.00. The average molecular weight is 370 g/mol. The van der Waals surface area contributed by atoms with Crippen LogP contribution in [0.5, 0.6) is 0 Å². The van der Waals surface area contributed by atoms with Crippen molar-refractivity contribution in [3.63, 3.8) is 0 Å². The van der Waals surface area contributed by atoms with E-state index in [1.54, 1.807) is 0 Å². The molecule has 1 aromatic carbocycles. The standard InChI is InChI=1S/C17H22BrClN2/c18-13-8-9-16-15(12-13)20-17(10-11-19)21(16)14-6-4-2-1-3-5-7-14/h8-9,12,14H,1-7,10-11H2. The van der Waals surface area contributed by atoms with E-state index in [-0.39, 0.29) is 0 Å². The molecule has 0 spiro atoms. The van der Waals surface area contributed by atoms with Gasteiger partial charge in [-0.25, -0.2) is 4.98 Å². The summed E-state index contributed by atoms with van der Waals surface area (Å²) in [5.41, 5.74) is 2.36. The zero-order chi connectivity index (χ0) is 14.7. The van der Waals surface area contributed by atoms with Crippen LogP contribution < -0.4 is 0 Å². The molecular weight excluding hydrogens is 348 g/mol. The lowest BCUT2D eigenvalue weighted by molar-refractivity contribution is 0.371. The number of aromatic nitrogens is 2. The zero-order valence-electron chi connectivity index (χ0n) is 12.3. The maximum atomic E-state index is 6.00. The van der Waals surface area contributed by atoms with Crippen LogP contribution in [0.2, 0.25) is 0 Å². The number of fused-ring (bicyclic) bond motifs is 1. The molecule has 2 nitrogen and oxygen atoms in total. The number of imidazole rings is 1. The number of benzene rings is 1. The van der Waals surface area contributed by atoms with Gasteiger partial charge in [-0.05, 0) is 31.0 Å². The molecule has 1 saturated carbocycles. The molecule has 0 radical (unpaired) electrons. The summed E-state index contributed by atoms with van der Waals surface area (Å²) in [5, 5.41) is 0. The van der Waals surface area contributed by atoms with Gasteiger partial charge in [0.05, 0.1) is 11.0 Å². The normalized spacial score (nSPS) is 17.8. The van der Waals surface area contributed by atoms with E-state index in [1.165, 1.54) is 50.5 Å². The van der Waals surface area contributed by atoms with Crippen LogP contribution in [-0.4, -0.2) is 15.4 Å². The van der Waals surface area contributed by atoms with E-state index in [0.717, 1.165) is 22.2 Å². The van der Waals surface area contributed by atoms with Crippen LogP contribution in [0.3, 0.4) is 0 Å². The van der Waals surface area contributed by atoms with Gasteiger partial charge in [0.2, 0.25) is 0 Å². The molecular formula is C17H22BrClN2. The van der Waals surface area contributed by atoms with Crippen LogP contribution in [0.4, 0.5) is 0 Å². The fraction of sp³-hybridized carbons (Fsp3) is 0.588. The second-order valence-corrected chi connectivity index (χ2v) is 7.26. The predicted molar refractivity (Wildman–Crippen MR) is 93.2 cm³/mol. The van der Waals surface area contributed by atoms with Crippen molar-refractivity contribution in [3.05, 3.63) is 28.5 Å². The third-order valence-corrected chi connectivity index (χ3v) is 5.16. The number of rotatable bonds is 3. The van der Waals surface area contributed by atoms with Crippen molar-refractivity contribution in [2.75, 3.05) is 5.88 Å². The highest BCUT2D eigenvalue weighted by atomic mass is 79.9. The average Bonchev–Trinajstić information content (AvgIpc) is 2.76. The first-order valence-electron chi connectivity index (χ1n) is 8.02. The molecule has 2 aromatic rings. The molecule has 1 aliphatic carbocycles. The van der Waals surface area contributed by atoms with Gasteiger partial charge in [0.15, 0.2) is 0 Å². The topological polar surface area (TPSA) is 17.8 Å². The third-order valence-electron chi connectivity index (χ3n) is 4.48. The summed E-state index contributed by atoms with van der Waals surface area (Å²) in [6.45, 7) is 0. The number of hydrogen-bond acceptors (Lipinski definition) is 1. The minimum absolute atomic E-state index is 0.592. The summed E-state index contributed by atoms with van der Waals surface area (Å²) in [7, 11) is 0. The lowest BCUT2D eigenvalue weighted by Gasteiger charge is -2.24. The summed E-state index contributed by atoms with van der Waals surface area (Å²) >= 11 is 9.55. The van der Waals surface area contributed by atoms with Gasteiger partial charge in [-0.15, -0.1) is 11.6 Å². The lowest BCUT2D eigenvalue weighted by Crippen LogP contribution is -2.14. The van der Waals surface area contributed by atoms with E-state index in [0.29, 0.717) is 11.9 Å². The molecule has 1 aliphatic rings. The van der Waals surface area contributed by atoms with Gasteiger partial charge < -0.3 is 4.57 Å². The van der Waals surface area contributed by atoms with Crippen molar-refractivity contribution < 1.29 is 0 Å². The summed E-state index contributed by atoms with van der Waals surface area (Å²) in [6, 6.07) is 7.03. The predicted octanol–water partition coefficient (Wildman–Crippen LogP) is 5.87. The lowest BCUT2D eigenvalue weighted by atomic mass is 9.96. The highest BCUT2D eigenvalue weighted by Gasteiger charge is 2.19. The smallest absolute Gasteiger partial charge is 0.111 e. The molecule has 114 valence electrons. The molecule has 1 aromatic heterocycles. The molecule has 4 heteroatoms. The minimum Gasteiger partial charge on any atom is -0.325 e. The van der Waals surface area contributed by atoms with Gasteiger partial charge in [0.1, 0.15) is 5.82 Å².